The maximum atomic E-state index is 12.7. The van der Waals surface area contributed by atoms with Crippen molar-refractivity contribution in [3.8, 4) is 0 Å². The second kappa shape index (κ2) is 4.06. The van der Waals surface area contributed by atoms with Gasteiger partial charge < -0.3 is 14.9 Å². The lowest BCUT2D eigenvalue weighted by molar-refractivity contribution is -0.162. The van der Waals surface area contributed by atoms with E-state index < -0.39 is 40.9 Å². The quantitative estimate of drug-likeness (QED) is 0.568. The number of carboxylic acids is 1. The molecule has 1 aliphatic heterocycles. The van der Waals surface area contributed by atoms with Crippen LogP contribution in [0, 0.1) is 34.5 Å². The van der Waals surface area contributed by atoms with Crippen LogP contribution in [0.1, 0.15) is 45.4 Å². The first kappa shape index (κ1) is 14.9. The minimum Gasteiger partial charge on any atom is -0.481 e. The molecule has 1 saturated heterocycles. The minimum absolute atomic E-state index is 0.0878. The van der Waals surface area contributed by atoms with Crippen LogP contribution in [-0.4, -0.2) is 33.9 Å². The molecule has 5 nitrogen and oxygen atoms in total. The molecule has 4 bridgehead atoms. The SMILES string of the molecule is C=C1C[C@]23C[C@@H]1CC[C@H]2[C@@]12CC[C@H](O)[C@@](C)(C(=O)O1)[C@H]2[C@@H]3C(=O)O. The van der Waals surface area contributed by atoms with Gasteiger partial charge in [-0.3, -0.25) is 9.59 Å². The monoisotopic (exact) mass is 332 g/mol. The number of ether oxygens (including phenoxy) is 1. The maximum Gasteiger partial charge on any atom is 0.315 e. The van der Waals surface area contributed by atoms with Crippen LogP contribution in [0.2, 0.25) is 0 Å². The number of aliphatic carboxylic acids is 1. The van der Waals surface area contributed by atoms with Crippen molar-refractivity contribution in [2.45, 2.75) is 57.2 Å². The topological polar surface area (TPSA) is 83.8 Å². The van der Waals surface area contributed by atoms with E-state index in [4.69, 9.17) is 4.74 Å². The zero-order chi connectivity index (χ0) is 17.1. The van der Waals surface area contributed by atoms with E-state index in [0.29, 0.717) is 18.8 Å². The van der Waals surface area contributed by atoms with E-state index >= 15 is 0 Å². The van der Waals surface area contributed by atoms with E-state index in [2.05, 4.69) is 6.58 Å². The molecule has 1 spiro atoms. The second-order valence-electron chi connectivity index (χ2n) is 9.07. The Morgan fingerprint density at radius 2 is 2.08 bits per heavy atom. The summed E-state index contributed by atoms with van der Waals surface area (Å²) >= 11 is 0. The smallest absolute Gasteiger partial charge is 0.315 e. The maximum absolute atomic E-state index is 12.7. The molecule has 5 rings (SSSR count). The van der Waals surface area contributed by atoms with Crippen LogP contribution >= 0.6 is 0 Å². The van der Waals surface area contributed by atoms with Crippen molar-refractivity contribution in [1.29, 1.82) is 0 Å². The van der Waals surface area contributed by atoms with Gasteiger partial charge in [0.25, 0.3) is 0 Å². The molecule has 0 amide bonds. The van der Waals surface area contributed by atoms with Gasteiger partial charge in [-0.25, -0.2) is 0 Å². The molecule has 0 unspecified atom stereocenters. The number of allylic oxidation sites excluding steroid dienone is 1. The van der Waals surface area contributed by atoms with Gasteiger partial charge in [0, 0.05) is 11.8 Å². The van der Waals surface area contributed by atoms with E-state index in [0.717, 1.165) is 25.7 Å². The van der Waals surface area contributed by atoms with Crippen LogP contribution in [0.25, 0.3) is 0 Å². The first-order valence-electron chi connectivity index (χ1n) is 9.09. The predicted octanol–water partition coefficient (Wildman–Crippen LogP) is 2.14. The highest BCUT2D eigenvalue weighted by molar-refractivity contribution is 5.85. The molecule has 5 heteroatoms. The van der Waals surface area contributed by atoms with Crippen LogP contribution in [-0.2, 0) is 14.3 Å². The third-order valence-corrected chi connectivity index (χ3v) is 8.46. The number of hydrogen-bond acceptors (Lipinski definition) is 4. The molecule has 130 valence electrons. The second-order valence-corrected chi connectivity index (χ2v) is 9.07. The molecule has 8 atom stereocenters. The summed E-state index contributed by atoms with van der Waals surface area (Å²) in [6.07, 6.45) is 3.81. The van der Waals surface area contributed by atoms with Gasteiger partial charge in [0.1, 0.15) is 5.60 Å². The van der Waals surface area contributed by atoms with Gasteiger partial charge >= 0.3 is 11.9 Å². The van der Waals surface area contributed by atoms with Gasteiger partial charge in [-0.2, -0.15) is 0 Å². The highest BCUT2D eigenvalue weighted by Gasteiger charge is 2.83. The summed E-state index contributed by atoms with van der Waals surface area (Å²) in [5.74, 6) is -1.78. The van der Waals surface area contributed by atoms with Gasteiger partial charge in [0.2, 0.25) is 0 Å². The van der Waals surface area contributed by atoms with Gasteiger partial charge in [0.15, 0.2) is 0 Å². The van der Waals surface area contributed by atoms with Gasteiger partial charge in [0.05, 0.1) is 17.4 Å². The highest BCUT2D eigenvalue weighted by atomic mass is 16.6. The zero-order valence-corrected chi connectivity index (χ0v) is 14.0. The fraction of sp³-hybridized carbons (Fsp3) is 0.789. The number of aliphatic hydroxyl groups is 1. The highest BCUT2D eigenvalue weighted by Crippen LogP contribution is 2.77. The number of rotatable bonds is 1. The number of hydrogen-bond donors (Lipinski definition) is 2. The minimum atomic E-state index is -1.09. The van der Waals surface area contributed by atoms with Gasteiger partial charge in [-0.15, -0.1) is 0 Å². The summed E-state index contributed by atoms with van der Waals surface area (Å²) in [7, 11) is 0. The van der Waals surface area contributed by atoms with E-state index in [9.17, 15) is 19.8 Å². The number of fused-ring (bicyclic) bond motifs is 1. The van der Waals surface area contributed by atoms with E-state index in [-0.39, 0.29) is 11.3 Å². The molecule has 1 heterocycles. The molecule has 24 heavy (non-hydrogen) atoms. The first-order chi connectivity index (χ1) is 11.3. The number of aliphatic hydroxyl groups excluding tert-OH is 1. The number of carbonyl (C=O) groups is 2. The van der Waals surface area contributed by atoms with E-state index in [1.165, 1.54) is 5.57 Å². The number of carbonyl (C=O) groups excluding carboxylic acids is 1. The Labute approximate surface area is 141 Å². The Morgan fingerprint density at radius 1 is 1.33 bits per heavy atom. The molecule has 0 aromatic heterocycles. The van der Waals surface area contributed by atoms with Gasteiger partial charge in [-0.1, -0.05) is 12.2 Å². The Bertz CT molecular complexity index is 685. The van der Waals surface area contributed by atoms with Crippen molar-refractivity contribution >= 4 is 11.9 Å². The molecule has 0 radical (unpaired) electrons. The lowest BCUT2D eigenvalue weighted by atomic mass is 9.59. The molecule has 0 aromatic carbocycles. The molecule has 2 N–H and O–H groups in total. The Morgan fingerprint density at radius 3 is 2.79 bits per heavy atom. The average molecular weight is 332 g/mol. The lowest BCUT2D eigenvalue weighted by Crippen LogP contribution is -2.53. The van der Waals surface area contributed by atoms with Crippen molar-refractivity contribution in [2.24, 2.45) is 34.5 Å². The largest absolute Gasteiger partial charge is 0.481 e. The number of esters is 1. The summed E-state index contributed by atoms with van der Waals surface area (Å²) in [6.45, 7) is 5.95. The zero-order valence-electron chi connectivity index (χ0n) is 14.0. The fourth-order valence-corrected chi connectivity index (χ4v) is 7.66. The predicted molar refractivity (Wildman–Crippen MR) is 83.8 cm³/mol. The Hall–Kier alpha value is -1.36. The number of carboxylic acid groups (broad SMARTS) is 1. The van der Waals surface area contributed by atoms with Crippen molar-refractivity contribution in [1.82, 2.24) is 0 Å². The summed E-state index contributed by atoms with van der Waals surface area (Å²) < 4.78 is 6.01. The fourth-order valence-electron chi connectivity index (χ4n) is 7.66. The van der Waals surface area contributed by atoms with Crippen molar-refractivity contribution in [3.05, 3.63) is 12.2 Å². The standard InChI is InChI=1S/C19H24O5/c1-9-7-18-8-10(9)3-4-11(18)19-6-5-12(20)17(2,16(23)24-19)14(19)13(18)15(21)22/h10-14,20H,1,3-8H2,2H3,(H,21,22)/t10-,11+,12-,13+,14+,17+,18-,19+/m0/s1. The lowest BCUT2D eigenvalue weighted by Gasteiger charge is -2.44. The molecule has 4 saturated carbocycles. The molecule has 0 aromatic rings. The summed E-state index contributed by atoms with van der Waals surface area (Å²) in [4.78, 5) is 25.1. The van der Waals surface area contributed by atoms with Crippen LogP contribution in [0.15, 0.2) is 12.2 Å². The summed E-state index contributed by atoms with van der Waals surface area (Å²) in [5.41, 5.74) is -0.953. The van der Waals surface area contributed by atoms with Crippen LogP contribution in [0.4, 0.5) is 0 Å². The van der Waals surface area contributed by atoms with E-state index in [1.54, 1.807) is 6.92 Å². The van der Waals surface area contributed by atoms with Crippen LogP contribution in [0.3, 0.4) is 0 Å². The summed E-state index contributed by atoms with van der Waals surface area (Å²) in [6, 6.07) is 0. The third kappa shape index (κ3) is 1.29. The molecular formula is C19H24O5. The normalized spacial score (nSPS) is 57.5. The van der Waals surface area contributed by atoms with Crippen LogP contribution in [0.5, 0.6) is 0 Å². The molecular weight excluding hydrogens is 308 g/mol. The Kier molecular flexibility index (Phi) is 2.53. The van der Waals surface area contributed by atoms with Crippen molar-refractivity contribution < 1.29 is 24.5 Å². The first-order valence-corrected chi connectivity index (χ1v) is 9.09. The average Bonchev–Trinajstić information content (AvgIpc) is 2.98. The Balaban J connectivity index is 1.76. The van der Waals surface area contributed by atoms with Crippen molar-refractivity contribution in [3.63, 3.8) is 0 Å². The van der Waals surface area contributed by atoms with Crippen molar-refractivity contribution in [2.75, 3.05) is 0 Å². The molecule has 5 fully saturated rings. The molecule has 5 aliphatic rings. The van der Waals surface area contributed by atoms with Gasteiger partial charge in [-0.05, 0) is 56.8 Å². The summed E-state index contributed by atoms with van der Waals surface area (Å²) in [5, 5.41) is 20.8. The van der Waals surface area contributed by atoms with Crippen LogP contribution < -0.4 is 0 Å². The third-order valence-electron chi connectivity index (χ3n) is 8.46. The molecule has 4 aliphatic carbocycles. The van der Waals surface area contributed by atoms with E-state index in [1.807, 2.05) is 0 Å².